The van der Waals surface area contributed by atoms with Gasteiger partial charge in [-0.3, -0.25) is 13.9 Å². The minimum atomic E-state index is -4.18. The van der Waals surface area contributed by atoms with Gasteiger partial charge in [0.2, 0.25) is 11.8 Å². The van der Waals surface area contributed by atoms with E-state index in [1.165, 1.54) is 19.2 Å². The summed E-state index contributed by atoms with van der Waals surface area (Å²) in [5, 5.41) is 3.24. The van der Waals surface area contributed by atoms with E-state index in [1.807, 2.05) is 61.5 Å². The number of carbonyl (C=O) groups is 2. The third-order valence-electron chi connectivity index (χ3n) is 8.65. The molecule has 1 fully saturated rings. The molecule has 0 spiro atoms. The molecule has 1 unspecified atom stereocenters. The summed E-state index contributed by atoms with van der Waals surface area (Å²) in [4.78, 5) is 30.5. The number of carbonyl (C=O) groups excluding carboxylic acids is 2. The molecule has 2 amide bonds. The fourth-order valence-corrected chi connectivity index (χ4v) is 7.43. The maximum atomic E-state index is 14.7. The van der Waals surface area contributed by atoms with Gasteiger partial charge >= 0.3 is 0 Å². The van der Waals surface area contributed by atoms with Gasteiger partial charge in [-0.25, -0.2) is 8.42 Å². The van der Waals surface area contributed by atoms with Crippen LogP contribution in [0.25, 0.3) is 0 Å². The number of benzene rings is 4. The molecule has 0 bridgehead atoms. The molecule has 0 saturated heterocycles. The van der Waals surface area contributed by atoms with E-state index in [0.29, 0.717) is 5.75 Å². The van der Waals surface area contributed by atoms with Crippen LogP contribution in [0.2, 0.25) is 0 Å². The Kier molecular flexibility index (Phi) is 11.3. The monoisotopic (exact) mass is 653 g/mol. The maximum absolute atomic E-state index is 14.7. The lowest BCUT2D eigenvalue weighted by atomic mass is 9.94. The number of hydrogen-bond donors (Lipinski definition) is 1. The van der Waals surface area contributed by atoms with E-state index in [0.717, 1.165) is 53.1 Å². The summed E-state index contributed by atoms with van der Waals surface area (Å²) < 4.78 is 34.9. The van der Waals surface area contributed by atoms with Crippen LogP contribution in [0.5, 0.6) is 5.75 Å². The molecular weight excluding hydrogens is 611 g/mol. The van der Waals surface area contributed by atoms with Crippen molar-refractivity contribution in [2.24, 2.45) is 0 Å². The number of aryl methyl sites for hydroxylation is 1. The van der Waals surface area contributed by atoms with Gasteiger partial charge in [0.05, 0.1) is 17.7 Å². The van der Waals surface area contributed by atoms with Gasteiger partial charge < -0.3 is 15.0 Å². The molecule has 4 aromatic carbocycles. The second-order valence-electron chi connectivity index (χ2n) is 12.1. The summed E-state index contributed by atoms with van der Waals surface area (Å²) in [6.45, 7) is 1.60. The van der Waals surface area contributed by atoms with Gasteiger partial charge in [0.25, 0.3) is 10.0 Å². The van der Waals surface area contributed by atoms with E-state index in [-0.39, 0.29) is 35.5 Å². The number of methoxy groups -OCH3 is 1. The van der Waals surface area contributed by atoms with Gasteiger partial charge in [-0.2, -0.15) is 0 Å². The molecule has 1 aliphatic rings. The molecule has 4 aromatic rings. The molecule has 0 heterocycles. The minimum absolute atomic E-state index is 0.0394. The molecule has 0 radical (unpaired) electrons. The molecule has 1 atom stereocenters. The van der Waals surface area contributed by atoms with Crippen molar-refractivity contribution in [3.8, 4) is 5.75 Å². The first-order valence-electron chi connectivity index (χ1n) is 16.2. The average Bonchev–Trinajstić information content (AvgIpc) is 3.10. The zero-order valence-electron chi connectivity index (χ0n) is 27.0. The standard InChI is InChI=1S/C38H43N3O5S/c1-29-21-23-31(24-22-29)27-40(36(25-30-13-6-3-7-14-30)38(43)39-32-15-8-4-9-16-32)37(42)28-41(33-17-12-18-34(26-33)46-2)47(44,45)35-19-10-5-11-20-35/h3,5-7,10-14,17-24,26,32,36H,4,8-9,15-16,25,27-28H2,1-2H3,(H,39,43). The SMILES string of the molecule is COc1cccc(N(CC(=O)N(Cc2ccc(C)cc2)C(Cc2ccccc2)C(=O)NC2CCCCC2)S(=O)(=O)c2ccccc2)c1. The largest absolute Gasteiger partial charge is 0.497 e. The van der Waals surface area contributed by atoms with Gasteiger partial charge in [-0.1, -0.05) is 104 Å². The average molecular weight is 654 g/mol. The zero-order valence-corrected chi connectivity index (χ0v) is 27.9. The lowest BCUT2D eigenvalue weighted by Gasteiger charge is -2.35. The van der Waals surface area contributed by atoms with Crippen LogP contribution in [-0.4, -0.2) is 50.9 Å². The van der Waals surface area contributed by atoms with Crippen molar-refractivity contribution in [1.29, 1.82) is 0 Å². The van der Waals surface area contributed by atoms with Crippen molar-refractivity contribution in [3.63, 3.8) is 0 Å². The third-order valence-corrected chi connectivity index (χ3v) is 10.4. The number of anilines is 1. The van der Waals surface area contributed by atoms with Crippen LogP contribution in [0.3, 0.4) is 0 Å². The maximum Gasteiger partial charge on any atom is 0.264 e. The van der Waals surface area contributed by atoms with Crippen molar-refractivity contribution in [1.82, 2.24) is 10.2 Å². The first kappa shape index (κ1) is 33.7. The highest BCUT2D eigenvalue weighted by Crippen LogP contribution is 2.28. The number of nitrogens with one attached hydrogen (secondary N) is 1. The van der Waals surface area contributed by atoms with Gasteiger partial charge in [-0.15, -0.1) is 0 Å². The Morgan fingerprint density at radius 2 is 1.49 bits per heavy atom. The summed E-state index contributed by atoms with van der Waals surface area (Å²) in [5.74, 6) is -0.277. The van der Waals surface area contributed by atoms with Crippen LogP contribution in [0, 0.1) is 6.92 Å². The van der Waals surface area contributed by atoms with Crippen molar-refractivity contribution in [2.75, 3.05) is 18.0 Å². The van der Waals surface area contributed by atoms with Crippen LogP contribution in [0.4, 0.5) is 5.69 Å². The molecule has 47 heavy (non-hydrogen) atoms. The Balaban J connectivity index is 1.56. The number of nitrogens with zero attached hydrogens (tertiary/aromatic N) is 2. The Labute approximate surface area is 278 Å². The fraction of sp³-hybridized carbons (Fsp3) is 0.316. The summed E-state index contributed by atoms with van der Waals surface area (Å²) in [7, 11) is -2.68. The molecule has 1 saturated carbocycles. The lowest BCUT2D eigenvalue weighted by Crippen LogP contribution is -2.55. The molecule has 246 valence electrons. The first-order chi connectivity index (χ1) is 22.7. The molecule has 8 nitrogen and oxygen atoms in total. The van der Waals surface area contributed by atoms with Gasteiger partial charge in [0.15, 0.2) is 0 Å². The number of amides is 2. The van der Waals surface area contributed by atoms with Crippen molar-refractivity contribution >= 4 is 27.5 Å². The predicted octanol–water partition coefficient (Wildman–Crippen LogP) is 6.29. The third kappa shape index (κ3) is 8.80. The Hall–Kier alpha value is -4.63. The molecule has 1 N–H and O–H groups in total. The quantitative estimate of drug-likeness (QED) is 0.183. The lowest BCUT2D eigenvalue weighted by molar-refractivity contribution is -0.140. The molecular formula is C38H43N3O5S. The van der Waals surface area contributed by atoms with E-state index in [9.17, 15) is 18.0 Å². The van der Waals surface area contributed by atoms with E-state index in [2.05, 4.69) is 5.32 Å². The van der Waals surface area contributed by atoms with Gasteiger partial charge in [0.1, 0.15) is 18.3 Å². The molecule has 9 heteroatoms. The number of ether oxygens (including phenoxy) is 1. The zero-order chi connectivity index (χ0) is 33.2. The highest BCUT2D eigenvalue weighted by molar-refractivity contribution is 7.92. The molecule has 1 aliphatic carbocycles. The van der Waals surface area contributed by atoms with E-state index >= 15 is 0 Å². The summed E-state index contributed by atoms with van der Waals surface area (Å²) in [5.41, 5.74) is 3.09. The van der Waals surface area contributed by atoms with Gasteiger partial charge in [0, 0.05) is 25.1 Å². The van der Waals surface area contributed by atoms with Crippen molar-refractivity contribution in [2.45, 2.75) is 69.0 Å². The van der Waals surface area contributed by atoms with Crippen molar-refractivity contribution in [3.05, 3.63) is 126 Å². The van der Waals surface area contributed by atoms with Crippen molar-refractivity contribution < 1.29 is 22.7 Å². The Bertz CT molecular complexity index is 1720. The van der Waals surface area contributed by atoms with E-state index in [4.69, 9.17) is 4.74 Å². The highest BCUT2D eigenvalue weighted by atomic mass is 32.2. The Morgan fingerprint density at radius 3 is 2.15 bits per heavy atom. The highest BCUT2D eigenvalue weighted by Gasteiger charge is 2.35. The second kappa shape index (κ2) is 15.8. The Morgan fingerprint density at radius 1 is 0.830 bits per heavy atom. The normalized spacial score (nSPS) is 14.2. The predicted molar refractivity (Wildman–Crippen MR) is 185 cm³/mol. The topological polar surface area (TPSA) is 96.0 Å². The summed E-state index contributed by atoms with van der Waals surface area (Å²) in [6, 6.07) is 31.3. The number of hydrogen-bond acceptors (Lipinski definition) is 5. The smallest absolute Gasteiger partial charge is 0.264 e. The first-order valence-corrected chi connectivity index (χ1v) is 17.6. The van der Waals surface area contributed by atoms with E-state index < -0.39 is 28.5 Å². The molecule has 0 aromatic heterocycles. The minimum Gasteiger partial charge on any atom is -0.497 e. The fourth-order valence-electron chi connectivity index (χ4n) is 6.00. The van der Waals surface area contributed by atoms with Crippen LogP contribution < -0.4 is 14.4 Å². The second-order valence-corrected chi connectivity index (χ2v) is 13.9. The van der Waals surface area contributed by atoms with E-state index in [1.54, 1.807) is 47.4 Å². The van der Waals surface area contributed by atoms with Crippen LogP contribution in [0.1, 0.15) is 48.8 Å². The van der Waals surface area contributed by atoms with Crippen LogP contribution in [0.15, 0.2) is 114 Å². The summed E-state index contributed by atoms with van der Waals surface area (Å²) >= 11 is 0. The molecule has 5 rings (SSSR count). The number of rotatable bonds is 13. The summed E-state index contributed by atoms with van der Waals surface area (Å²) in [6.07, 6.45) is 5.32. The van der Waals surface area contributed by atoms with Crippen LogP contribution in [-0.2, 0) is 32.6 Å². The number of sulfonamides is 1. The van der Waals surface area contributed by atoms with Gasteiger partial charge in [-0.05, 0) is 55.2 Å². The molecule has 0 aliphatic heterocycles. The van der Waals surface area contributed by atoms with Crippen LogP contribution >= 0.6 is 0 Å².